The number of sulfonamides is 1. The van der Waals surface area contributed by atoms with Crippen LogP contribution in [0.3, 0.4) is 0 Å². The van der Waals surface area contributed by atoms with Gasteiger partial charge in [0.1, 0.15) is 22.0 Å². The van der Waals surface area contributed by atoms with E-state index in [4.69, 9.17) is 9.47 Å². The second-order valence-electron chi connectivity index (χ2n) is 6.95. The Morgan fingerprint density at radius 1 is 1.17 bits per heavy atom. The van der Waals surface area contributed by atoms with Crippen LogP contribution in [0.1, 0.15) is 34.6 Å². The number of nitrogens with one attached hydrogen (secondary N) is 2. The Morgan fingerprint density at radius 3 is 2.24 bits per heavy atom. The van der Waals surface area contributed by atoms with E-state index in [1.807, 2.05) is 0 Å². The molecule has 0 aliphatic carbocycles. The molecule has 2 N–H and O–H groups in total. The van der Waals surface area contributed by atoms with Crippen molar-refractivity contribution in [3.05, 3.63) is 35.2 Å². The van der Waals surface area contributed by atoms with Crippen molar-refractivity contribution in [2.75, 3.05) is 27.3 Å². The molecule has 1 aliphatic heterocycles. The van der Waals surface area contributed by atoms with Crippen molar-refractivity contribution in [2.45, 2.75) is 37.6 Å². The van der Waals surface area contributed by atoms with E-state index < -0.39 is 10.0 Å². The normalized spacial score (nSPS) is 15.9. The van der Waals surface area contributed by atoms with Crippen LogP contribution in [0.25, 0.3) is 0 Å². The van der Waals surface area contributed by atoms with Crippen LogP contribution in [0.4, 0.5) is 0 Å². The number of methoxy groups -OCH3 is 2. The molecule has 2 heterocycles. The molecule has 10 heteroatoms. The van der Waals surface area contributed by atoms with Gasteiger partial charge in [0.15, 0.2) is 0 Å². The molecule has 0 spiro atoms. The molecule has 158 valence electrons. The molecule has 1 fully saturated rings. The van der Waals surface area contributed by atoms with E-state index in [2.05, 4.69) is 15.5 Å². The largest absolute Gasteiger partial charge is 0.496 e. The van der Waals surface area contributed by atoms with Crippen LogP contribution < -0.4 is 14.8 Å². The lowest BCUT2D eigenvalue weighted by molar-refractivity contribution is 0.0917. The molecule has 1 saturated heterocycles. The summed E-state index contributed by atoms with van der Waals surface area (Å²) in [4.78, 5) is 13.0. The lowest BCUT2D eigenvalue weighted by Gasteiger charge is -2.31. The maximum Gasteiger partial charge on any atom is 0.259 e. The predicted molar refractivity (Wildman–Crippen MR) is 107 cm³/mol. The number of aromatic nitrogens is 2. The fourth-order valence-electron chi connectivity index (χ4n) is 3.62. The Labute approximate surface area is 170 Å². The van der Waals surface area contributed by atoms with Crippen LogP contribution in [0.5, 0.6) is 11.5 Å². The second kappa shape index (κ2) is 8.42. The van der Waals surface area contributed by atoms with Gasteiger partial charge in [-0.25, -0.2) is 8.42 Å². The summed E-state index contributed by atoms with van der Waals surface area (Å²) < 4.78 is 37.9. The van der Waals surface area contributed by atoms with Gasteiger partial charge in [-0.3, -0.25) is 9.89 Å². The van der Waals surface area contributed by atoms with Crippen molar-refractivity contribution in [1.29, 1.82) is 0 Å². The Morgan fingerprint density at radius 2 is 1.76 bits per heavy atom. The summed E-state index contributed by atoms with van der Waals surface area (Å²) in [6, 6.07) is 5.00. The number of aromatic amines is 1. The first-order valence-corrected chi connectivity index (χ1v) is 10.8. The number of amides is 1. The van der Waals surface area contributed by atoms with Crippen LogP contribution in [0.2, 0.25) is 0 Å². The molecule has 1 aromatic heterocycles. The summed E-state index contributed by atoms with van der Waals surface area (Å²) in [6.45, 7) is 4.01. The van der Waals surface area contributed by atoms with E-state index in [1.165, 1.54) is 18.5 Å². The third kappa shape index (κ3) is 4.08. The third-order valence-electron chi connectivity index (χ3n) is 5.10. The van der Waals surface area contributed by atoms with E-state index >= 15 is 0 Å². The molecule has 1 amide bonds. The van der Waals surface area contributed by atoms with Gasteiger partial charge < -0.3 is 14.8 Å². The number of hydrogen-bond acceptors (Lipinski definition) is 6. The quantitative estimate of drug-likeness (QED) is 0.731. The topological polar surface area (TPSA) is 114 Å². The minimum Gasteiger partial charge on any atom is -0.496 e. The number of hydrogen-bond donors (Lipinski definition) is 2. The van der Waals surface area contributed by atoms with Crippen molar-refractivity contribution >= 4 is 15.9 Å². The minimum absolute atomic E-state index is 0.143. The Balaban J connectivity index is 1.69. The molecule has 1 aliphatic rings. The molecule has 0 radical (unpaired) electrons. The zero-order valence-electron chi connectivity index (χ0n) is 17.0. The molecule has 0 saturated carbocycles. The number of H-pyrrole nitrogens is 1. The van der Waals surface area contributed by atoms with Crippen molar-refractivity contribution < 1.29 is 22.7 Å². The summed E-state index contributed by atoms with van der Waals surface area (Å²) >= 11 is 0. The molecule has 0 unspecified atom stereocenters. The monoisotopic (exact) mass is 422 g/mol. The van der Waals surface area contributed by atoms with Gasteiger partial charge in [-0.2, -0.15) is 9.40 Å². The van der Waals surface area contributed by atoms with Crippen LogP contribution in [-0.2, 0) is 10.0 Å². The van der Waals surface area contributed by atoms with Gasteiger partial charge in [0, 0.05) is 19.1 Å². The van der Waals surface area contributed by atoms with Crippen molar-refractivity contribution in [1.82, 2.24) is 19.8 Å². The van der Waals surface area contributed by atoms with Crippen molar-refractivity contribution in [3.8, 4) is 11.5 Å². The second-order valence-corrected chi connectivity index (χ2v) is 8.83. The average Bonchev–Trinajstić information content (AvgIpc) is 3.06. The number of piperidine rings is 1. The van der Waals surface area contributed by atoms with Crippen LogP contribution in [-0.4, -0.2) is 62.2 Å². The van der Waals surface area contributed by atoms with Crippen LogP contribution in [0, 0.1) is 13.8 Å². The predicted octanol–water partition coefficient (Wildman–Crippen LogP) is 1.63. The summed E-state index contributed by atoms with van der Waals surface area (Å²) in [5, 5.41) is 9.68. The Hall–Kier alpha value is -2.59. The van der Waals surface area contributed by atoms with Gasteiger partial charge in [0.05, 0.1) is 25.6 Å². The van der Waals surface area contributed by atoms with Crippen molar-refractivity contribution in [2.24, 2.45) is 0 Å². The number of ether oxygens (including phenoxy) is 2. The number of nitrogens with zero attached hydrogens (tertiary/aromatic N) is 2. The van der Waals surface area contributed by atoms with E-state index in [1.54, 1.807) is 32.0 Å². The van der Waals surface area contributed by atoms with Gasteiger partial charge in [0.25, 0.3) is 5.91 Å². The number of rotatable bonds is 6. The third-order valence-corrected chi connectivity index (χ3v) is 7.26. The van der Waals surface area contributed by atoms with E-state index in [-0.39, 0.29) is 16.8 Å². The first kappa shape index (κ1) is 21.1. The minimum atomic E-state index is -3.62. The number of aryl methyl sites for hydroxylation is 2. The SMILES string of the molecule is COc1cccc(OC)c1C(=O)NC1CCN(S(=O)(=O)c2c(C)n[nH]c2C)CC1. The van der Waals surface area contributed by atoms with E-state index in [0.29, 0.717) is 54.4 Å². The first-order valence-electron chi connectivity index (χ1n) is 9.33. The van der Waals surface area contributed by atoms with Gasteiger partial charge in [-0.15, -0.1) is 0 Å². The smallest absolute Gasteiger partial charge is 0.259 e. The van der Waals surface area contributed by atoms with E-state index in [9.17, 15) is 13.2 Å². The van der Waals surface area contributed by atoms with Gasteiger partial charge in [-0.05, 0) is 38.8 Å². The van der Waals surface area contributed by atoms with E-state index in [0.717, 1.165) is 0 Å². The number of carbonyl (C=O) groups excluding carboxylic acids is 1. The highest BCUT2D eigenvalue weighted by Crippen LogP contribution is 2.29. The average molecular weight is 423 g/mol. The molecule has 0 atom stereocenters. The van der Waals surface area contributed by atoms with Gasteiger partial charge in [0.2, 0.25) is 10.0 Å². The zero-order valence-corrected chi connectivity index (χ0v) is 17.8. The van der Waals surface area contributed by atoms with Crippen LogP contribution in [0.15, 0.2) is 23.1 Å². The maximum atomic E-state index is 13.0. The lowest BCUT2D eigenvalue weighted by Crippen LogP contribution is -2.46. The van der Waals surface area contributed by atoms with Gasteiger partial charge >= 0.3 is 0 Å². The summed E-state index contributed by atoms with van der Waals surface area (Å²) in [5.74, 6) is 0.544. The molecular formula is C19H26N4O5S. The highest BCUT2D eigenvalue weighted by atomic mass is 32.2. The molecular weight excluding hydrogens is 396 g/mol. The highest BCUT2D eigenvalue weighted by molar-refractivity contribution is 7.89. The number of benzene rings is 1. The summed E-state index contributed by atoms with van der Waals surface area (Å²) in [6.07, 6.45) is 1.02. The van der Waals surface area contributed by atoms with Crippen molar-refractivity contribution in [3.63, 3.8) is 0 Å². The molecule has 29 heavy (non-hydrogen) atoms. The summed E-state index contributed by atoms with van der Waals surface area (Å²) in [5.41, 5.74) is 1.32. The Kier molecular flexibility index (Phi) is 6.13. The van der Waals surface area contributed by atoms with Gasteiger partial charge in [-0.1, -0.05) is 6.07 Å². The lowest BCUT2D eigenvalue weighted by atomic mass is 10.1. The zero-order chi connectivity index (χ0) is 21.2. The first-order chi connectivity index (χ1) is 13.8. The maximum absolute atomic E-state index is 13.0. The summed E-state index contributed by atoms with van der Waals surface area (Å²) in [7, 11) is -0.629. The molecule has 9 nitrogen and oxygen atoms in total. The number of carbonyl (C=O) groups is 1. The molecule has 1 aromatic carbocycles. The fraction of sp³-hybridized carbons (Fsp3) is 0.474. The Bertz CT molecular complexity index is 952. The highest BCUT2D eigenvalue weighted by Gasteiger charge is 2.33. The van der Waals surface area contributed by atoms with Crippen LogP contribution >= 0.6 is 0 Å². The fourth-order valence-corrected chi connectivity index (χ4v) is 5.42. The molecule has 0 bridgehead atoms. The standard InChI is InChI=1S/C19H26N4O5S/c1-12-18(13(2)22-21-12)29(25,26)23-10-8-14(9-11-23)20-19(24)17-15(27-3)6-5-7-16(17)28-4/h5-7,14H,8-11H2,1-4H3,(H,20,24)(H,21,22). The molecule has 2 aromatic rings. The molecule has 3 rings (SSSR count).